The molecular weight excluding hydrogens is 557 g/mol. The van der Waals surface area contributed by atoms with Gasteiger partial charge >= 0.3 is 0 Å². The molecule has 3 aromatic rings. The van der Waals surface area contributed by atoms with Crippen LogP contribution in [0.25, 0.3) is 0 Å². The van der Waals surface area contributed by atoms with E-state index >= 15 is 4.39 Å². The van der Waals surface area contributed by atoms with E-state index in [4.69, 9.17) is 10.1 Å². The molecule has 2 saturated heterocycles. The van der Waals surface area contributed by atoms with E-state index in [0.717, 1.165) is 29.8 Å². The molecule has 2 aliphatic heterocycles. The topological polar surface area (TPSA) is 107 Å². The number of hydrogen-bond acceptors (Lipinski definition) is 6. The predicted molar refractivity (Wildman–Crippen MR) is 171 cm³/mol. The Morgan fingerprint density at radius 3 is 2.48 bits per heavy atom. The van der Waals surface area contributed by atoms with Crippen LogP contribution in [0.4, 0.5) is 21.5 Å². The van der Waals surface area contributed by atoms with Crippen LogP contribution in [-0.2, 0) is 9.53 Å². The van der Waals surface area contributed by atoms with Gasteiger partial charge in [-0.2, -0.15) is 0 Å². The summed E-state index contributed by atoms with van der Waals surface area (Å²) in [5, 5.41) is 17.5. The van der Waals surface area contributed by atoms with Crippen LogP contribution < -0.4 is 16.0 Å². The number of nitrogens with zero attached hydrogens (tertiary/aromatic N) is 1. The highest BCUT2D eigenvalue weighted by Gasteiger charge is 2.51. The van der Waals surface area contributed by atoms with E-state index in [1.807, 2.05) is 30.3 Å². The Balaban J connectivity index is 1.39. The summed E-state index contributed by atoms with van der Waals surface area (Å²) in [4.78, 5) is 30.3. The SMILES string of the molecule is CNc1ccc(NC(=O)[C@H]2C[C@H]3COC[C@H]3N(C(=O)c3c(C)cccc3F)[C@H]2c2ccc(NC3CCCC3)cc2)cc1C=N. The van der Waals surface area contributed by atoms with Crippen LogP contribution in [0.2, 0.25) is 0 Å². The minimum Gasteiger partial charge on any atom is -0.388 e. The summed E-state index contributed by atoms with van der Waals surface area (Å²) < 4.78 is 21.1. The van der Waals surface area contributed by atoms with Gasteiger partial charge < -0.3 is 31.0 Å². The van der Waals surface area contributed by atoms with Gasteiger partial charge in [-0.25, -0.2) is 4.39 Å². The molecule has 3 aromatic carbocycles. The number of carbonyl (C=O) groups excluding carboxylic acids is 2. The number of nitrogens with one attached hydrogen (secondary N) is 4. The van der Waals surface area contributed by atoms with Gasteiger partial charge in [-0.3, -0.25) is 9.59 Å². The van der Waals surface area contributed by atoms with Crippen molar-refractivity contribution in [3.05, 3.63) is 88.7 Å². The van der Waals surface area contributed by atoms with E-state index in [-0.39, 0.29) is 23.4 Å². The highest BCUT2D eigenvalue weighted by Crippen LogP contribution is 2.46. The Morgan fingerprint density at radius 2 is 1.77 bits per heavy atom. The Morgan fingerprint density at radius 1 is 1.02 bits per heavy atom. The number of rotatable bonds is 8. The van der Waals surface area contributed by atoms with Crippen molar-refractivity contribution < 1.29 is 18.7 Å². The number of hydrogen-bond donors (Lipinski definition) is 4. The summed E-state index contributed by atoms with van der Waals surface area (Å²) in [6.07, 6.45) is 6.51. The number of carbonyl (C=O) groups is 2. The molecule has 230 valence electrons. The van der Waals surface area contributed by atoms with Crippen molar-refractivity contribution in [3.8, 4) is 0 Å². The lowest BCUT2D eigenvalue weighted by atomic mass is 9.76. The minimum atomic E-state index is -0.635. The van der Waals surface area contributed by atoms with Gasteiger partial charge in [-0.1, -0.05) is 37.1 Å². The van der Waals surface area contributed by atoms with Gasteiger partial charge in [0.2, 0.25) is 5.91 Å². The molecule has 1 saturated carbocycles. The standard InChI is InChI=1S/C35H40FN5O3/c1-21-6-5-9-29(36)32(21)35(43)41-31-20-44-19-24(31)17-28(34(42)40-27-14-15-30(38-2)23(16-27)18-37)33(41)22-10-12-26(13-11-22)39-25-7-3-4-8-25/h5-6,9-16,18,24-25,28,31,33,37-39H,3-4,7-8,17,19-20H2,1-2H3,(H,40,42)/t24-,28-,31+,33-/m0/s1. The van der Waals surface area contributed by atoms with Crippen molar-refractivity contribution in [1.82, 2.24) is 4.90 Å². The maximum Gasteiger partial charge on any atom is 0.257 e. The molecule has 9 heteroatoms. The molecule has 4 atom stereocenters. The summed E-state index contributed by atoms with van der Waals surface area (Å²) >= 11 is 0. The van der Waals surface area contributed by atoms with Gasteiger partial charge in [0.05, 0.1) is 36.8 Å². The van der Waals surface area contributed by atoms with Crippen LogP contribution in [0.1, 0.15) is 65.2 Å². The van der Waals surface area contributed by atoms with Crippen LogP contribution >= 0.6 is 0 Å². The predicted octanol–water partition coefficient (Wildman–Crippen LogP) is 6.39. The van der Waals surface area contributed by atoms with Gasteiger partial charge in [-0.15, -0.1) is 0 Å². The van der Waals surface area contributed by atoms with Gasteiger partial charge in [0.1, 0.15) is 5.82 Å². The minimum absolute atomic E-state index is 0.0296. The van der Waals surface area contributed by atoms with Crippen LogP contribution in [0.3, 0.4) is 0 Å². The molecule has 0 unspecified atom stereocenters. The maximum atomic E-state index is 15.3. The van der Waals surface area contributed by atoms with Crippen molar-refractivity contribution in [2.75, 3.05) is 36.2 Å². The number of halogens is 1. The van der Waals surface area contributed by atoms with Gasteiger partial charge in [0, 0.05) is 47.8 Å². The van der Waals surface area contributed by atoms with Crippen LogP contribution in [-0.4, -0.2) is 55.3 Å². The van der Waals surface area contributed by atoms with Crippen molar-refractivity contribution in [3.63, 3.8) is 0 Å². The smallest absolute Gasteiger partial charge is 0.257 e. The first-order chi connectivity index (χ1) is 21.4. The van der Waals surface area contributed by atoms with Crippen molar-refractivity contribution in [2.45, 2.75) is 57.2 Å². The molecule has 1 aliphatic carbocycles. The lowest BCUT2D eigenvalue weighted by Gasteiger charge is -2.47. The second-order valence-corrected chi connectivity index (χ2v) is 12.2. The average Bonchev–Trinajstić information content (AvgIpc) is 3.72. The van der Waals surface area contributed by atoms with E-state index in [1.54, 1.807) is 43.1 Å². The molecule has 0 spiro atoms. The lowest BCUT2D eigenvalue weighted by molar-refractivity contribution is -0.124. The molecule has 3 fully saturated rings. The molecule has 8 nitrogen and oxygen atoms in total. The summed E-state index contributed by atoms with van der Waals surface area (Å²) in [6.45, 7) is 2.51. The molecule has 0 radical (unpaired) electrons. The number of anilines is 3. The van der Waals surface area contributed by atoms with Gasteiger partial charge in [0.15, 0.2) is 0 Å². The number of likely N-dealkylation sites (tertiary alicyclic amines) is 1. The molecule has 3 aliphatic rings. The number of ether oxygens (including phenoxy) is 1. The molecular formula is C35H40FN5O3. The first-order valence-corrected chi connectivity index (χ1v) is 15.5. The summed E-state index contributed by atoms with van der Waals surface area (Å²) in [5.41, 5.74) is 4.40. The van der Waals surface area contributed by atoms with E-state index in [2.05, 4.69) is 16.0 Å². The molecule has 6 rings (SSSR count). The van der Waals surface area contributed by atoms with Crippen LogP contribution in [0.15, 0.2) is 60.7 Å². The average molecular weight is 598 g/mol. The fourth-order valence-electron chi connectivity index (χ4n) is 7.23. The van der Waals surface area contributed by atoms with Crippen molar-refractivity contribution in [2.24, 2.45) is 11.8 Å². The van der Waals surface area contributed by atoms with E-state index < -0.39 is 23.7 Å². The van der Waals surface area contributed by atoms with E-state index in [1.165, 1.54) is 25.1 Å². The number of fused-ring (bicyclic) bond motifs is 1. The molecule has 44 heavy (non-hydrogen) atoms. The molecule has 0 aromatic heterocycles. The Kier molecular flexibility index (Phi) is 8.66. The highest BCUT2D eigenvalue weighted by molar-refractivity contribution is 5.99. The highest BCUT2D eigenvalue weighted by atomic mass is 19.1. The molecule has 4 N–H and O–H groups in total. The summed E-state index contributed by atoms with van der Waals surface area (Å²) in [6, 6.07) is 17.6. The first-order valence-electron chi connectivity index (χ1n) is 15.5. The normalized spacial score (nSPS) is 23.2. The van der Waals surface area contributed by atoms with Crippen molar-refractivity contribution in [1.29, 1.82) is 5.41 Å². The number of piperidine rings is 1. The maximum absolute atomic E-state index is 15.3. The summed E-state index contributed by atoms with van der Waals surface area (Å²) in [5.74, 6) is -1.92. The zero-order chi connectivity index (χ0) is 30.8. The second kappa shape index (κ2) is 12.8. The lowest BCUT2D eigenvalue weighted by Crippen LogP contribution is -2.55. The van der Waals surface area contributed by atoms with E-state index in [9.17, 15) is 9.59 Å². The fourth-order valence-corrected chi connectivity index (χ4v) is 7.23. The van der Waals surface area contributed by atoms with Crippen LogP contribution in [0, 0.1) is 30.0 Å². The van der Waals surface area contributed by atoms with E-state index in [0.29, 0.717) is 42.5 Å². The molecule has 0 bridgehead atoms. The first kappa shape index (κ1) is 29.8. The number of benzene rings is 3. The van der Waals surface area contributed by atoms with Gasteiger partial charge in [0.25, 0.3) is 5.91 Å². The van der Waals surface area contributed by atoms with Gasteiger partial charge in [-0.05, 0) is 73.7 Å². The molecule has 2 amide bonds. The second-order valence-electron chi connectivity index (χ2n) is 12.2. The monoisotopic (exact) mass is 597 g/mol. The Bertz CT molecular complexity index is 1520. The third kappa shape index (κ3) is 5.80. The van der Waals surface area contributed by atoms with Crippen molar-refractivity contribution >= 4 is 35.1 Å². The quantitative estimate of drug-likeness (QED) is 0.225. The number of amides is 2. The van der Waals surface area contributed by atoms with Crippen LogP contribution in [0.5, 0.6) is 0 Å². The Labute approximate surface area is 257 Å². The molecule has 2 heterocycles. The number of aryl methyl sites for hydroxylation is 1. The summed E-state index contributed by atoms with van der Waals surface area (Å²) in [7, 11) is 1.78. The zero-order valence-electron chi connectivity index (χ0n) is 25.2. The zero-order valence-corrected chi connectivity index (χ0v) is 25.2. The largest absolute Gasteiger partial charge is 0.388 e. The fraction of sp³-hybridized carbons (Fsp3) is 0.400. The Hall–Kier alpha value is -4.24. The third-order valence-electron chi connectivity index (χ3n) is 9.49. The third-order valence-corrected chi connectivity index (χ3v) is 9.49.